The Balaban J connectivity index is 1.88. The lowest BCUT2D eigenvalue weighted by molar-refractivity contribution is 0.761. The maximum atomic E-state index is 3.70. The summed E-state index contributed by atoms with van der Waals surface area (Å²) in [6, 6.07) is 13.7. The first-order valence-electron chi connectivity index (χ1n) is 6.75. The molecule has 0 aliphatic heterocycles. The minimum Gasteiger partial charge on any atom is -0.378 e. The van der Waals surface area contributed by atoms with Crippen LogP contribution in [-0.4, -0.2) is 0 Å². The van der Waals surface area contributed by atoms with Gasteiger partial charge in [-0.05, 0) is 61.6 Å². The summed E-state index contributed by atoms with van der Waals surface area (Å²) in [5, 5.41) is 3.70. The maximum Gasteiger partial charge on any atom is 0.0519 e. The van der Waals surface area contributed by atoms with Crippen molar-refractivity contribution in [2.24, 2.45) is 0 Å². The second kappa shape index (κ2) is 5.01. The average Bonchev–Trinajstić information content (AvgIpc) is 2.75. The Hall–Kier alpha value is -1.28. The Morgan fingerprint density at radius 1 is 1.11 bits per heavy atom. The first-order valence-corrected chi connectivity index (χ1v) is 7.55. The van der Waals surface area contributed by atoms with Crippen molar-refractivity contribution >= 4 is 21.6 Å². The van der Waals surface area contributed by atoms with E-state index in [1.165, 1.54) is 40.8 Å². The lowest BCUT2D eigenvalue weighted by Crippen LogP contribution is -2.08. The second-order valence-electron chi connectivity index (χ2n) is 5.40. The topological polar surface area (TPSA) is 12.0 Å². The Morgan fingerprint density at radius 2 is 1.95 bits per heavy atom. The number of aryl methyl sites for hydroxylation is 3. The van der Waals surface area contributed by atoms with E-state index in [0.717, 1.165) is 4.47 Å². The third kappa shape index (κ3) is 2.55. The van der Waals surface area contributed by atoms with Crippen molar-refractivity contribution in [3.8, 4) is 0 Å². The predicted octanol–water partition coefficient (Wildman–Crippen LogP) is 5.17. The van der Waals surface area contributed by atoms with Crippen molar-refractivity contribution in [3.05, 3.63) is 63.1 Å². The predicted molar refractivity (Wildman–Crippen MR) is 84.7 cm³/mol. The summed E-state index contributed by atoms with van der Waals surface area (Å²) in [5.74, 6) is 0. The van der Waals surface area contributed by atoms with Crippen LogP contribution >= 0.6 is 15.9 Å². The highest BCUT2D eigenvalue weighted by Crippen LogP contribution is 2.35. The van der Waals surface area contributed by atoms with Crippen LogP contribution < -0.4 is 5.32 Å². The van der Waals surface area contributed by atoms with Gasteiger partial charge in [0.25, 0.3) is 0 Å². The zero-order chi connectivity index (χ0) is 13.4. The van der Waals surface area contributed by atoms with Crippen LogP contribution in [-0.2, 0) is 6.42 Å². The summed E-state index contributed by atoms with van der Waals surface area (Å²) in [4.78, 5) is 0. The summed E-state index contributed by atoms with van der Waals surface area (Å²) in [7, 11) is 0. The minimum absolute atomic E-state index is 0.453. The SMILES string of the molecule is Cc1ccc2c(c1)C(Nc1ccc(Br)cc1C)CC2. The van der Waals surface area contributed by atoms with Crippen molar-refractivity contribution in [2.75, 3.05) is 5.32 Å². The summed E-state index contributed by atoms with van der Waals surface area (Å²) in [6.07, 6.45) is 2.37. The molecule has 98 valence electrons. The van der Waals surface area contributed by atoms with Gasteiger partial charge in [0.1, 0.15) is 0 Å². The Labute approximate surface area is 123 Å². The molecular weight excluding hydrogens is 298 g/mol. The first kappa shape index (κ1) is 12.7. The molecule has 0 saturated carbocycles. The van der Waals surface area contributed by atoms with Crippen molar-refractivity contribution in [2.45, 2.75) is 32.7 Å². The summed E-state index contributed by atoms with van der Waals surface area (Å²) in [6.45, 7) is 4.32. The smallest absolute Gasteiger partial charge is 0.0519 e. The van der Waals surface area contributed by atoms with E-state index in [1.54, 1.807) is 0 Å². The highest BCUT2D eigenvalue weighted by molar-refractivity contribution is 9.10. The molecule has 3 rings (SSSR count). The molecule has 2 heteroatoms. The summed E-state index contributed by atoms with van der Waals surface area (Å²) < 4.78 is 1.14. The number of hydrogen-bond acceptors (Lipinski definition) is 1. The van der Waals surface area contributed by atoms with E-state index in [1.807, 2.05) is 0 Å². The van der Waals surface area contributed by atoms with E-state index in [9.17, 15) is 0 Å². The number of fused-ring (bicyclic) bond motifs is 1. The van der Waals surface area contributed by atoms with Gasteiger partial charge in [0.05, 0.1) is 6.04 Å². The quantitative estimate of drug-likeness (QED) is 0.806. The maximum absolute atomic E-state index is 3.70. The molecule has 2 aromatic carbocycles. The van der Waals surface area contributed by atoms with Gasteiger partial charge in [0.15, 0.2) is 0 Å². The number of anilines is 1. The molecular formula is C17H18BrN. The van der Waals surface area contributed by atoms with Gasteiger partial charge in [-0.3, -0.25) is 0 Å². The largest absolute Gasteiger partial charge is 0.378 e. The fourth-order valence-electron chi connectivity index (χ4n) is 2.85. The van der Waals surface area contributed by atoms with Gasteiger partial charge in [-0.15, -0.1) is 0 Å². The Morgan fingerprint density at radius 3 is 2.74 bits per heavy atom. The van der Waals surface area contributed by atoms with Crippen LogP contribution in [0.25, 0.3) is 0 Å². The zero-order valence-corrected chi connectivity index (χ0v) is 12.9. The van der Waals surface area contributed by atoms with E-state index >= 15 is 0 Å². The fourth-order valence-corrected chi connectivity index (χ4v) is 3.32. The van der Waals surface area contributed by atoms with Crippen LogP contribution in [0.2, 0.25) is 0 Å². The molecule has 1 N–H and O–H groups in total. The van der Waals surface area contributed by atoms with E-state index in [4.69, 9.17) is 0 Å². The Bertz CT molecular complexity index is 619. The Kier molecular flexibility index (Phi) is 3.36. The molecule has 0 fully saturated rings. The molecule has 1 nitrogen and oxygen atoms in total. The van der Waals surface area contributed by atoms with Gasteiger partial charge < -0.3 is 5.32 Å². The second-order valence-corrected chi connectivity index (χ2v) is 6.31. The van der Waals surface area contributed by atoms with E-state index < -0.39 is 0 Å². The van der Waals surface area contributed by atoms with Gasteiger partial charge in [0, 0.05) is 10.2 Å². The van der Waals surface area contributed by atoms with E-state index in [-0.39, 0.29) is 0 Å². The highest BCUT2D eigenvalue weighted by atomic mass is 79.9. The van der Waals surface area contributed by atoms with Crippen LogP contribution in [0.4, 0.5) is 5.69 Å². The average molecular weight is 316 g/mol. The lowest BCUT2D eigenvalue weighted by atomic mass is 10.0. The standard InChI is InChI=1S/C17H18BrN/c1-11-3-4-13-5-7-17(15(13)9-11)19-16-8-6-14(18)10-12(16)2/h3-4,6,8-10,17,19H,5,7H2,1-2H3. The number of rotatable bonds is 2. The van der Waals surface area contributed by atoms with Gasteiger partial charge in [-0.25, -0.2) is 0 Å². The molecule has 0 aromatic heterocycles. The third-order valence-electron chi connectivity index (χ3n) is 3.90. The first-order chi connectivity index (χ1) is 9.13. The van der Waals surface area contributed by atoms with Gasteiger partial charge in [-0.2, -0.15) is 0 Å². The highest BCUT2D eigenvalue weighted by Gasteiger charge is 2.22. The van der Waals surface area contributed by atoms with Crippen LogP contribution in [0.3, 0.4) is 0 Å². The van der Waals surface area contributed by atoms with Crippen LogP contribution in [0.15, 0.2) is 40.9 Å². The molecule has 1 unspecified atom stereocenters. The molecule has 0 amide bonds. The lowest BCUT2D eigenvalue weighted by Gasteiger charge is -2.18. The van der Waals surface area contributed by atoms with Crippen molar-refractivity contribution in [1.29, 1.82) is 0 Å². The number of benzene rings is 2. The number of halogens is 1. The van der Waals surface area contributed by atoms with Crippen LogP contribution in [0.1, 0.15) is 34.7 Å². The van der Waals surface area contributed by atoms with E-state index in [2.05, 4.69) is 71.5 Å². The summed E-state index contributed by atoms with van der Waals surface area (Å²) >= 11 is 3.52. The summed E-state index contributed by atoms with van der Waals surface area (Å²) in [5.41, 5.74) is 6.85. The van der Waals surface area contributed by atoms with Crippen molar-refractivity contribution < 1.29 is 0 Å². The molecule has 0 radical (unpaired) electrons. The molecule has 19 heavy (non-hydrogen) atoms. The van der Waals surface area contributed by atoms with Crippen molar-refractivity contribution in [1.82, 2.24) is 0 Å². The van der Waals surface area contributed by atoms with Gasteiger partial charge >= 0.3 is 0 Å². The zero-order valence-electron chi connectivity index (χ0n) is 11.3. The molecule has 1 aliphatic carbocycles. The van der Waals surface area contributed by atoms with Crippen molar-refractivity contribution in [3.63, 3.8) is 0 Å². The van der Waals surface area contributed by atoms with Crippen LogP contribution in [0.5, 0.6) is 0 Å². The molecule has 2 aromatic rings. The fraction of sp³-hybridized carbons (Fsp3) is 0.294. The minimum atomic E-state index is 0.453. The molecule has 1 atom stereocenters. The number of hydrogen-bond donors (Lipinski definition) is 1. The normalized spacial score (nSPS) is 17.3. The van der Waals surface area contributed by atoms with E-state index in [0.29, 0.717) is 6.04 Å². The molecule has 0 heterocycles. The molecule has 0 saturated heterocycles. The monoisotopic (exact) mass is 315 g/mol. The molecule has 1 aliphatic rings. The number of nitrogens with one attached hydrogen (secondary N) is 1. The van der Waals surface area contributed by atoms with Gasteiger partial charge in [-0.1, -0.05) is 39.7 Å². The van der Waals surface area contributed by atoms with Crippen LogP contribution in [0, 0.1) is 13.8 Å². The molecule has 0 spiro atoms. The molecule has 0 bridgehead atoms. The third-order valence-corrected chi connectivity index (χ3v) is 4.39. The van der Waals surface area contributed by atoms with Gasteiger partial charge in [0.2, 0.25) is 0 Å².